The van der Waals surface area contributed by atoms with Gasteiger partial charge >= 0.3 is 0 Å². The Labute approximate surface area is 210 Å². The van der Waals surface area contributed by atoms with Crippen LogP contribution in [0.4, 0.5) is 0 Å². The minimum absolute atomic E-state index is 0.0201. The van der Waals surface area contributed by atoms with E-state index in [2.05, 4.69) is 41.7 Å². The first-order chi connectivity index (χ1) is 16.6. The molecule has 0 bridgehead atoms. The molecule has 0 aromatic heterocycles. The minimum atomic E-state index is -2.65. The number of hydrogen-bond donors (Lipinski definition) is 1. The Morgan fingerprint density at radius 3 is 1.44 bits per heavy atom. The molecular weight excluding hydrogens is 484 g/mol. The molecule has 4 aromatic carbocycles. The number of rotatable bonds is 7. The van der Waals surface area contributed by atoms with Crippen molar-refractivity contribution >= 4 is 52.3 Å². The fourth-order valence-electron chi connectivity index (χ4n) is 3.97. The Hall–Kier alpha value is -3.10. The van der Waals surface area contributed by atoms with Gasteiger partial charge in [0.15, 0.2) is 11.8 Å². The summed E-state index contributed by atoms with van der Waals surface area (Å²) in [7, 11) is -1.07. The standard InChI is InChI=1S/C28H22Cl2NO2P/c1-33-22-19-17-21(18-20-22)27(32)31-28(26(29)30)34(23-11-5-2-6-12-23,24-13-7-3-8-14-24)25-15-9-4-10-16-25/h2-20H,1H3/p+1. The molecular formula is C28H23Cl2NO2P+. The summed E-state index contributed by atoms with van der Waals surface area (Å²) >= 11 is 13.2. The van der Waals surface area contributed by atoms with Gasteiger partial charge in [-0.1, -0.05) is 77.8 Å². The van der Waals surface area contributed by atoms with Crippen molar-refractivity contribution in [3.8, 4) is 5.75 Å². The van der Waals surface area contributed by atoms with Gasteiger partial charge in [-0.15, -0.1) is 0 Å². The number of halogens is 2. The van der Waals surface area contributed by atoms with Gasteiger partial charge in [0.1, 0.15) is 21.7 Å². The average molecular weight is 507 g/mol. The third kappa shape index (κ3) is 4.74. The highest BCUT2D eigenvalue weighted by Gasteiger charge is 2.52. The highest BCUT2D eigenvalue weighted by molar-refractivity contribution is 7.99. The van der Waals surface area contributed by atoms with Gasteiger partial charge in [-0.2, -0.15) is 0 Å². The lowest BCUT2D eigenvalue weighted by Gasteiger charge is -2.29. The molecule has 0 spiro atoms. The third-order valence-corrected chi connectivity index (χ3v) is 10.4. The van der Waals surface area contributed by atoms with Crippen molar-refractivity contribution in [3.63, 3.8) is 0 Å². The van der Waals surface area contributed by atoms with Gasteiger partial charge in [0.25, 0.3) is 5.91 Å². The second-order valence-corrected chi connectivity index (χ2v) is 11.8. The maximum atomic E-state index is 13.4. The fourth-order valence-corrected chi connectivity index (χ4v) is 8.87. The molecule has 0 aliphatic carbocycles. The zero-order chi connectivity index (χ0) is 24.0. The normalized spacial score (nSPS) is 10.9. The molecule has 0 atom stereocenters. The van der Waals surface area contributed by atoms with E-state index < -0.39 is 7.26 Å². The molecule has 0 radical (unpaired) electrons. The van der Waals surface area contributed by atoms with Gasteiger partial charge in [0.05, 0.1) is 7.11 Å². The first kappa shape index (κ1) is 24.0. The Kier molecular flexibility index (Phi) is 7.70. The maximum Gasteiger partial charge on any atom is 0.258 e. The summed E-state index contributed by atoms with van der Waals surface area (Å²) in [4.78, 5) is 13.4. The number of amides is 1. The van der Waals surface area contributed by atoms with Crippen molar-refractivity contribution < 1.29 is 9.53 Å². The molecule has 0 saturated carbocycles. The van der Waals surface area contributed by atoms with Crippen LogP contribution in [0.15, 0.2) is 125 Å². The van der Waals surface area contributed by atoms with Crippen LogP contribution in [0.2, 0.25) is 0 Å². The molecule has 170 valence electrons. The zero-order valence-corrected chi connectivity index (χ0v) is 20.9. The molecule has 0 unspecified atom stereocenters. The number of carbonyl (C=O) groups is 1. The third-order valence-electron chi connectivity index (χ3n) is 5.53. The number of methoxy groups -OCH3 is 1. The highest BCUT2D eigenvalue weighted by atomic mass is 35.5. The van der Waals surface area contributed by atoms with E-state index in [1.807, 2.05) is 54.6 Å². The van der Waals surface area contributed by atoms with Gasteiger partial charge < -0.3 is 4.74 Å². The summed E-state index contributed by atoms with van der Waals surface area (Å²) in [6, 6.07) is 37.1. The minimum Gasteiger partial charge on any atom is -0.497 e. The molecule has 3 nitrogen and oxygen atoms in total. The number of benzene rings is 4. The van der Waals surface area contributed by atoms with Gasteiger partial charge in [-0.3, -0.25) is 10.1 Å². The molecule has 34 heavy (non-hydrogen) atoms. The first-order valence-electron chi connectivity index (χ1n) is 10.6. The van der Waals surface area contributed by atoms with Crippen molar-refractivity contribution in [3.05, 3.63) is 131 Å². The Morgan fingerprint density at radius 1 is 0.676 bits per heavy atom. The van der Waals surface area contributed by atoms with Crippen molar-refractivity contribution in [2.24, 2.45) is 0 Å². The molecule has 4 aromatic rings. The number of carbonyl (C=O) groups excluding carboxylic acids is 1. The van der Waals surface area contributed by atoms with Crippen LogP contribution < -0.4 is 26.0 Å². The molecule has 6 heteroatoms. The van der Waals surface area contributed by atoms with Crippen LogP contribution in [0.3, 0.4) is 0 Å². The predicted molar refractivity (Wildman–Crippen MR) is 144 cm³/mol. The topological polar surface area (TPSA) is 38.3 Å². The summed E-state index contributed by atoms with van der Waals surface area (Å²) in [5.41, 5.74) is 0.959. The van der Waals surface area contributed by atoms with Crippen molar-refractivity contribution in [2.45, 2.75) is 0 Å². The summed E-state index contributed by atoms with van der Waals surface area (Å²) in [6.07, 6.45) is 0. The monoisotopic (exact) mass is 506 g/mol. The zero-order valence-electron chi connectivity index (χ0n) is 18.5. The van der Waals surface area contributed by atoms with Crippen LogP contribution in [0.5, 0.6) is 5.75 Å². The smallest absolute Gasteiger partial charge is 0.258 e. The number of ether oxygens (including phenoxy) is 1. The molecule has 0 fully saturated rings. The van der Waals surface area contributed by atoms with Crippen molar-refractivity contribution in [1.82, 2.24) is 5.32 Å². The fraction of sp³-hybridized carbons (Fsp3) is 0.0357. The van der Waals surface area contributed by atoms with Crippen LogP contribution >= 0.6 is 30.5 Å². The van der Waals surface area contributed by atoms with Gasteiger partial charge in [-0.25, -0.2) is 0 Å². The highest BCUT2D eigenvalue weighted by Crippen LogP contribution is 2.63. The molecule has 0 heterocycles. The van der Waals surface area contributed by atoms with Crippen LogP contribution in [-0.2, 0) is 0 Å². The number of hydrogen-bond acceptors (Lipinski definition) is 2. The Bertz CT molecular complexity index is 1180. The van der Waals surface area contributed by atoms with Gasteiger partial charge in [0, 0.05) is 5.56 Å². The van der Waals surface area contributed by atoms with E-state index >= 15 is 0 Å². The van der Waals surface area contributed by atoms with E-state index in [-0.39, 0.29) is 10.4 Å². The molecule has 1 N–H and O–H groups in total. The van der Waals surface area contributed by atoms with E-state index in [1.165, 1.54) is 0 Å². The van der Waals surface area contributed by atoms with Gasteiger partial charge in [0.2, 0.25) is 5.44 Å². The lowest BCUT2D eigenvalue weighted by Crippen LogP contribution is -2.38. The lowest BCUT2D eigenvalue weighted by molar-refractivity contribution is 0.0968. The molecule has 4 rings (SSSR count). The van der Waals surface area contributed by atoms with E-state index in [0.717, 1.165) is 15.9 Å². The summed E-state index contributed by atoms with van der Waals surface area (Å²) < 4.78 is 5.24. The summed E-state index contributed by atoms with van der Waals surface area (Å²) in [5, 5.41) is 6.16. The summed E-state index contributed by atoms with van der Waals surface area (Å²) in [5.74, 6) is 0.367. The second kappa shape index (κ2) is 10.9. The molecule has 0 aliphatic heterocycles. The molecule has 0 aliphatic rings. The lowest BCUT2D eigenvalue weighted by atomic mass is 10.2. The van der Waals surface area contributed by atoms with Crippen LogP contribution in [-0.4, -0.2) is 13.0 Å². The predicted octanol–water partition coefficient (Wildman–Crippen LogP) is 6.02. The molecule has 0 saturated heterocycles. The van der Waals surface area contributed by atoms with E-state index in [1.54, 1.807) is 31.4 Å². The Balaban J connectivity index is 1.95. The van der Waals surface area contributed by atoms with Crippen molar-refractivity contribution in [2.75, 3.05) is 7.11 Å². The van der Waals surface area contributed by atoms with Gasteiger partial charge in [-0.05, 0) is 60.7 Å². The Morgan fingerprint density at radius 2 is 1.09 bits per heavy atom. The summed E-state index contributed by atoms with van der Waals surface area (Å²) in [6.45, 7) is 0. The molecule has 1 amide bonds. The average Bonchev–Trinajstić information content (AvgIpc) is 2.90. The van der Waals surface area contributed by atoms with Crippen LogP contribution in [0.25, 0.3) is 0 Å². The second-order valence-electron chi connectivity index (χ2n) is 7.47. The van der Waals surface area contributed by atoms with E-state index in [0.29, 0.717) is 16.8 Å². The first-order valence-corrected chi connectivity index (χ1v) is 13.2. The van der Waals surface area contributed by atoms with E-state index in [4.69, 9.17) is 27.9 Å². The van der Waals surface area contributed by atoms with E-state index in [9.17, 15) is 4.79 Å². The quantitative estimate of drug-likeness (QED) is 0.311. The largest absolute Gasteiger partial charge is 0.497 e. The van der Waals surface area contributed by atoms with Crippen molar-refractivity contribution in [1.29, 1.82) is 0 Å². The van der Waals surface area contributed by atoms with Crippen LogP contribution in [0.1, 0.15) is 10.4 Å². The van der Waals surface area contributed by atoms with Crippen LogP contribution in [0, 0.1) is 0 Å². The number of nitrogens with one attached hydrogen (secondary N) is 1. The maximum absolute atomic E-state index is 13.4. The SMILES string of the molecule is COc1ccc(C(=O)NC(=C(Cl)Cl)[P+](c2ccccc2)(c2ccccc2)c2ccccc2)cc1.